The minimum Gasteiger partial charge on any atom is -0.381 e. The monoisotopic (exact) mass is 199 g/mol. The molecule has 1 unspecified atom stereocenters. The maximum Gasteiger partial charge on any atom is 0.253 e. The summed E-state index contributed by atoms with van der Waals surface area (Å²) >= 11 is 0. The van der Waals surface area contributed by atoms with E-state index in [9.17, 15) is 9.90 Å². The van der Waals surface area contributed by atoms with Crippen LogP contribution in [0.25, 0.3) is 0 Å². The number of rotatable bonds is 1. The second kappa shape index (κ2) is 4.30. The van der Waals surface area contributed by atoms with Crippen molar-refractivity contribution in [3.05, 3.63) is 0 Å². The maximum absolute atomic E-state index is 11.8. The van der Waals surface area contributed by atoms with E-state index in [0.717, 1.165) is 25.9 Å². The Hall–Kier alpha value is -0.570. The fourth-order valence-corrected chi connectivity index (χ4v) is 1.85. The molecule has 0 spiro atoms. The van der Waals surface area contributed by atoms with Gasteiger partial charge in [-0.3, -0.25) is 4.79 Å². The third-order valence-corrected chi connectivity index (χ3v) is 2.83. The SMILES string of the molecule is CC1CCCN(C(=O)C(C)(C)O)CC1. The molecule has 0 aromatic rings. The van der Waals surface area contributed by atoms with Gasteiger partial charge in [0.25, 0.3) is 5.91 Å². The van der Waals surface area contributed by atoms with Gasteiger partial charge in [-0.25, -0.2) is 0 Å². The number of nitrogens with zero attached hydrogens (tertiary/aromatic N) is 1. The Morgan fingerprint density at radius 2 is 2.00 bits per heavy atom. The molecule has 1 N–H and O–H groups in total. The molecule has 1 aliphatic rings. The second-order valence-corrected chi connectivity index (χ2v) is 4.89. The first-order valence-electron chi connectivity index (χ1n) is 5.43. The Labute approximate surface area is 86.1 Å². The molecule has 0 aromatic carbocycles. The molecule has 1 amide bonds. The molecule has 1 heterocycles. The van der Waals surface area contributed by atoms with E-state index >= 15 is 0 Å². The Morgan fingerprint density at radius 1 is 1.36 bits per heavy atom. The van der Waals surface area contributed by atoms with E-state index in [-0.39, 0.29) is 5.91 Å². The van der Waals surface area contributed by atoms with Crippen LogP contribution in [-0.4, -0.2) is 34.6 Å². The Kier molecular flexibility index (Phi) is 3.53. The summed E-state index contributed by atoms with van der Waals surface area (Å²) in [6.07, 6.45) is 3.31. The highest BCUT2D eigenvalue weighted by Crippen LogP contribution is 2.18. The quantitative estimate of drug-likeness (QED) is 0.693. The summed E-state index contributed by atoms with van der Waals surface area (Å²) < 4.78 is 0. The minimum atomic E-state index is -1.21. The molecule has 1 rings (SSSR count). The number of aliphatic hydroxyl groups is 1. The van der Waals surface area contributed by atoms with Crippen LogP contribution in [0.5, 0.6) is 0 Å². The van der Waals surface area contributed by atoms with Gasteiger partial charge in [0.1, 0.15) is 5.60 Å². The lowest BCUT2D eigenvalue weighted by molar-refractivity contribution is -0.147. The number of hydrogen-bond acceptors (Lipinski definition) is 2. The van der Waals surface area contributed by atoms with E-state index in [2.05, 4.69) is 6.92 Å². The molecule has 0 aromatic heterocycles. The van der Waals surface area contributed by atoms with Gasteiger partial charge in [0.05, 0.1) is 0 Å². The normalized spacial score (nSPS) is 24.6. The van der Waals surface area contributed by atoms with Gasteiger partial charge in [-0.05, 0) is 39.0 Å². The van der Waals surface area contributed by atoms with Gasteiger partial charge in [0.2, 0.25) is 0 Å². The van der Waals surface area contributed by atoms with E-state index in [1.807, 2.05) is 0 Å². The van der Waals surface area contributed by atoms with Gasteiger partial charge in [0.15, 0.2) is 0 Å². The van der Waals surface area contributed by atoms with Gasteiger partial charge < -0.3 is 10.0 Å². The predicted molar refractivity (Wildman–Crippen MR) is 55.9 cm³/mol. The number of carbonyl (C=O) groups is 1. The molecule has 0 radical (unpaired) electrons. The molecule has 82 valence electrons. The largest absolute Gasteiger partial charge is 0.381 e. The van der Waals surface area contributed by atoms with Gasteiger partial charge in [-0.15, -0.1) is 0 Å². The minimum absolute atomic E-state index is 0.133. The molecule has 1 saturated heterocycles. The topological polar surface area (TPSA) is 40.5 Å². The standard InChI is InChI=1S/C11H21NO2/c1-9-5-4-7-12(8-6-9)10(13)11(2,3)14/h9,14H,4-8H2,1-3H3. The zero-order valence-corrected chi connectivity index (χ0v) is 9.42. The zero-order valence-electron chi connectivity index (χ0n) is 9.42. The van der Waals surface area contributed by atoms with E-state index < -0.39 is 5.60 Å². The van der Waals surface area contributed by atoms with E-state index in [4.69, 9.17) is 0 Å². The van der Waals surface area contributed by atoms with Gasteiger partial charge in [0, 0.05) is 13.1 Å². The van der Waals surface area contributed by atoms with Crippen molar-refractivity contribution < 1.29 is 9.90 Å². The van der Waals surface area contributed by atoms with Crippen molar-refractivity contribution in [1.82, 2.24) is 4.90 Å². The fraction of sp³-hybridized carbons (Fsp3) is 0.909. The van der Waals surface area contributed by atoms with Crippen LogP contribution < -0.4 is 0 Å². The molecule has 3 heteroatoms. The van der Waals surface area contributed by atoms with Crippen molar-refractivity contribution in [2.75, 3.05) is 13.1 Å². The summed E-state index contributed by atoms with van der Waals surface area (Å²) in [6, 6.07) is 0. The lowest BCUT2D eigenvalue weighted by atomic mass is 10.0. The van der Waals surface area contributed by atoms with Crippen molar-refractivity contribution in [2.45, 2.75) is 45.6 Å². The highest BCUT2D eigenvalue weighted by Gasteiger charge is 2.30. The summed E-state index contributed by atoms with van der Waals surface area (Å²) in [5.74, 6) is 0.571. The molecule has 1 atom stereocenters. The van der Waals surface area contributed by atoms with E-state index in [0.29, 0.717) is 5.92 Å². The predicted octanol–water partition coefficient (Wildman–Crippen LogP) is 1.41. The van der Waals surface area contributed by atoms with Crippen LogP contribution in [0.3, 0.4) is 0 Å². The van der Waals surface area contributed by atoms with Crippen molar-refractivity contribution in [3.8, 4) is 0 Å². The Bertz CT molecular complexity index is 208. The van der Waals surface area contributed by atoms with Crippen LogP contribution in [0.15, 0.2) is 0 Å². The average molecular weight is 199 g/mol. The lowest BCUT2D eigenvalue weighted by Gasteiger charge is -2.27. The summed E-state index contributed by atoms with van der Waals surface area (Å²) in [5.41, 5.74) is -1.21. The molecule has 1 aliphatic heterocycles. The fourth-order valence-electron chi connectivity index (χ4n) is 1.85. The number of likely N-dealkylation sites (tertiary alicyclic amines) is 1. The van der Waals surface area contributed by atoms with Crippen LogP contribution in [0.2, 0.25) is 0 Å². The highest BCUT2D eigenvalue weighted by molar-refractivity contribution is 5.84. The smallest absolute Gasteiger partial charge is 0.253 e. The van der Waals surface area contributed by atoms with Gasteiger partial charge >= 0.3 is 0 Å². The molecule has 0 saturated carbocycles. The maximum atomic E-state index is 11.8. The lowest BCUT2D eigenvalue weighted by Crippen LogP contribution is -2.45. The van der Waals surface area contributed by atoms with Gasteiger partial charge in [-0.2, -0.15) is 0 Å². The summed E-state index contributed by atoms with van der Waals surface area (Å²) in [6.45, 7) is 6.93. The van der Waals surface area contributed by atoms with Crippen LogP contribution in [0.4, 0.5) is 0 Å². The Morgan fingerprint density at radius 3 is 2.57 bits per heavy atom. The summed E-state index contributed by atoms with van der Waals surface area (Å²) in [5, 5.41) is 9.60. The first-order chi connectivity index (χ1) is 6.41. The summed E-state index contributed by atoms with van der Waals surface area (Å²) in [7, 11) is 0. The van der Waals surface area contributed by atoms with Gasteiger partial charge in [-0.1, -0.05) is 6.92 Å². The van der Waals surface area contributed by atoms with E-state index in [1.54, 1.807) is 18.7 Å². The third kappa shape index (κ3) is 2.98. The Balaban J connectivity index is 2.56. The zero-order chi connectivity index (χ0) is 10.8. The van der Waals surface area contributed by atoms with Crippen LogP contribution >= 0.6 is 0 Å². The first-order valence-corrected chi connectivity index (χ1v) is 5.43. The molecule has 1 fully saturated rings. The highest BCUT2D eigenvalue weighted by atomic mass is 16.3. The number of amides is 1. The molecule has 14 heavy (non-hydrogen) atoms. The van der Waals surface area contributed by atoms with E-state index in [1.165, 1.54) is 6.42 Å². The third-order valence-electron chi connectivity index (χ3n) is 2.83. The molecule has 3 nitrogen and oxygen atoms in total. The van der Waals surface area contributed by atoms with Crippen molar-refractivity contribution in [2.24, 2.45) is 5.92 Å². The number of hydrogen-bond donors (Lipinski definition) is 1. The summed E-state index contributed by atoms with van der Waals surface area (Å²) in [4.78, 5) is 13.6. The van der Waals surface area contributed by atoms with Crippen LogP contribution in [-0.2, 0) is 4.79 Å². The van der Waals surface area contributed by atoms with Crippen molar-refractivity contribution in [1.29, 1.82) is 0 Å². The molecular formula is C11H21NO2. The molecule has 0 bridgehead atoms. The average Bonchev–Trinajstić information content (AvgIpc) is 2.27. The van der Waals surface area contributed by atoms with Crippen LogP contribution in [0.1, 0.15) is 40.0 Å². The molecule has 0 aliphatic carbocycles. The number of carbonyl (C=O) groups excluding carboxylic acids is 1. The molecular weight excluding hydrogens is 178 g/mol. The van der Waals surface area contributed by atoms with Crippen LogP contribution in [0, 0.1) is 5.92 Å². The van der Waals surface area contributed by atoms with Crippen molar-refractivity contribution >= 4 is 5.91 Å². The first kappa shape index (κ1) is 11.5. The second-order valence-electron chi connectivity index (χ2n) is 4.89. The van der Waals surface area contributed by atoms with Crippen molar-refractivity contribution in [3.63, 3.8) is 0 Å².